The molecule has 3 aromatic rings. The van der Waals surface area contributed by atoms with Gasteiger partial charge in [0.15, 0.2) is 11.4 Å². The lowest BCUT2D eigenvalue weighted by molar-refractivity contribution is -0.137. The largest absolute Gasteiger partial charge is 0.504 e. The van der Waals surface area contributed by atoms with Gasteiger partial charge in [0.05, 0.1) is 10.6 Å². The molecule has 0 radical (unpaired) electrons. The number of amides is 1. The van der Waals surface area contributed by atoms with Gasteiger partial charge in [-0.05, 0) is 45.8 Å². The van der Waals surface area contributed by atoms with Gasteiger partial charge in [0.1, 0.15) is 10.1 Å². The van der Waals surface area contributed by atoms with E-state index in [1.807, 2.05) is 0 Å². The Morgan fingerprint density at radius 2 is 2.04 bits per heavy atom. The number of fused-ring (bicyclic) bond motifs is 1. The Hall–Kier alpha value is -2.39. The lowest BCUT2D eigenvalue weighted by Gasteiger charge is -2.12. The van der Waals surface area contributed by atoms with Crippen molar-refractivity contribution in [2.45, 2.75) is 12.7 Å². The van der Waals surface area contributed by atoms with E-state index >= 15 is 0 Å². The first-order chi connectivity index (χ1) is 12.7. The van der Waals surface area contributed by atoms with Crippen LogP contribution in [0.2, 0.25) is 5.02 Å². The monoisotopic (exact) mass is 459 g/mol. The Kier molecular flexibility index (Phi) is 5.25. The number of aromatic hydroxyl groups is 1. The summed E-state index contributed by atoms with van der Waals surface area (Å²) < 4.78 is 39.0. The summed E-state index contributed by atoms with van der Waals surface area (Å²) in [4.78, 5) is 20.4. The van der Waals surface area contributed by atoms with Crippen LogP contribution in [-0.2, 0) is 12.7 Å². The van der Waals surface area contributed by atoms with Gasteiger partial charge in [-0.2, -0.15) is 13.2 Å². The van der Waals surface area contributed by atoms with Crippen LogP contribution < -0.4 is 5.32 Å². The number of rotatable bonds is 3. The predicted molar refractivity (Wildman–Crippen MR) is 96.5 cm³/mol. The summed E-state index contributed by atoms with van der Waals surface area (Å²) in [7, 11) is 0. The second-order valence-electron chi connectivity index (χ2n) is 5.49. The zero-order valence-electron chi connectivity index (χ0n) is 13.3. The number of aromatic nitrogens is 2. The number of hydrogen-bond acceptors (Lipinski definition) is 4. The molecule has 0 aliphatic heterocycles. The zero-order valence-corrected chi connectivity index (χ0v) is 15.7. The van der Waals surface area contributed by atoms with Gasteiger partial charge in [0, 0.05) is 18.1 Å². The van der Waals surface area contributed by atoms with Crippen LogP contribution in [0.3, 0.4) is 0 Å². The van der Waals surface area contributed by atoms with E-state index < -0.39 is 28.4 Å². The van der Waals surface area contributed by atoms with Crippen molar-refractivity contribution < 1.29 is 23.1 Å². The number of carbonyl (C=O) groups is 1. The molecule has 2 N–H and O–H groups in total. The Morgan fingerprint density at radius 3 is 2.74 bits per heavy atom. The molecule has 10 heteroatoms. The summed E-state index contributed by atoms with van der Waals surface area (Å²) >= 11 is 8.77. The van der Waals surface area contributed by atoms with Crippen LogP contribution >= 0.6 is 27.5 Å². The van der Waals surface area contributed by atoms with E-state index in [0.29, 0.717) is 9.99 Å². The van der Waals surface area contributed by atoms with Crippen LogP contribution in [0.1, 0.15) is 21.6 Å². The number of benzene rings is 1. The number of hydrogen-bond donors (Lipinski definition) is 2. The van der Waals surface area contributed by atoms with Crippen molar-refractivity contribution in [1.82, 2.24) is 15.3 Å². The average molecular weight is 461 g/mol. The van der Waals surface area contributed by atoms with Crippen molar-refractivity contribution in [2.24, 2.45) is 0 Å². The van der Waals surface area contributed by atoms with Crippen molar-refractivity contribution in [3.63, 3.8) is 0 Å². The molecule has 1 amide bonds. The number of carbonyl (C=O) groups excluding carboxylic acids is 1. The second-order valence-corrected chi connectivity index (χ2v) is 6.65. The molecule has 0 unspecified atom stereocenters. The highest BCUT2D eigenvalue weighted by Crippen LogP contribution is 2.35. The van der Waals surface area contributed by atoms with E-state index in [1.54, 1.807) is 12.1 Å². The fourth-order valence-corrected chi connectivity index (χ4v) is 3.13. The fourth-order valence-electron chi connectivity index (χ4n) is 2.41. The quantitative estimate of drug-likeness (QED) is 0.556. The van der Waals surface area contributed by atoms with E-state index in [4.69, 9.17) is 11.6 Å². The fraction of sp³-hybridized carbons (Fsp3) is 0.118. The number of nitrogens with one attached hydrogen (secondary N) is 1. The van der Waals surface area contributed by atoms with Gasteiger partial charge in [0.2, 0.25) is 0 Å². The molecule has 0 bridgehead atoms. The van der Waals surface area contributed by atoms with Crippen LogP contribution in [0, 0.1) is 0 Å². The topological polar surface area (TPSA) is 75.1 Å². The molecule has 2 aromatic heterocycles. The van der Waals surface area contributed by atoms with Crippen LogP contribution in [0.5, 0.6) is 5.75 Å². The van der Waals surface area contributed by atoms with Crippen molar-refractivity contribution in [1.29, 1.82) is 0 Å². The van der Waals surface area contributed by atoms with E-state index in [1.165, 1.54) is 12.3 Å². The Balaban J connectivity index is 1.85. The van der Waals surface area contributed by atoms with Gasteiger partial charge in [-0.25, -0.2) is 4.98 Å². The van der Waals surface area contributed by atoms with Gasteiger partial charge >= 0.3 is 6.18 Å². The van der Waals surface area contributed by atoms with Crippen molar-refractivity contribution in [3.8, 4) is 5.75 Å². The first kappa shape index (κ1) is 19.4. The molecule has 1 aromatic carbocycles. The van der Waals surface area contributed by atoms with Crippen molar-refractivity contribution in [2.75, 3.05) is 0 Å². The lowest BCUT2D eigenvalue weighted by atomic mass is 10.1. The second kappa shape index (κ2) is 7.32. The van der Waals surface area contributed by atoms with Crippen LogP contribution in [0.4, 0.5) is 13.2 Å². The van der Waals surface area contributed by atoms with Gasteiger partial charge in [-0.1, -0.05) is 17.7 Å². The summed E-state index contributed by atoms with van der Waals surface area (Å²) in [5.74, 6) is -1.18. The smallest absolute Gasteiger partial charge is 0.417 e. The first-order valence-corrected chi connectivity index (χ1v) is 8.62. The SMILES string of the molecule is O=C(NCc1ccc(Cl)c(C(F)(F)F)c1)c1nc(Br)c2cccnc2c1O. The molecule has 27 heavy (non-hydrogen) atoms. The molecule has 5 nitrogen and oxygen atoms in total. The Morgan fingerprint density at radius 1 is 1.30 bits per heavy atom. The molecule has 0 saturated heterocycles. The van der Waals surface area contributed by atoms with Crippen LogP contribution in [-0.4, -0.2) is 21.0 Å². The summed E-state index contributed by atoms with van der Waals surface area (Å²) in [6.45, 7) is -0.210. The summed E-state index contributed by atoms with van der Waals surface area (Å²) in [5.41, 5.74) is -0.916. The molecule has 0 saturated carbocycles. The molecule has 0 aliphatic carbocycles. The average Bonchev–Trinajstić information content (AvgIpc) is 2.63. The molecule has 0 atom stereocenters. The minimum Gasteiger partial charge on any atom is -0.504 e. The standard InChI is InChI=1S/C17H10BrClF3N3O2/c18-15-9-2-1-5-23-12(9)14(26)13(25-15)16(27)24-7-8-3-4-11(19)10(6-8)17(20,21)22/h1-6,26H,7H2,(H,24,27). The highest BCUT2D eigenvalue weighted by Gasteiger charge is 2.33. The van der Waals surface area contributed by atoms with Crippen LogP contribution in [0.25, 0.3) is 10.9 Å². The maximum Gasteiger partial charge on any atom is 0.417 e. The maximum atomic E-state index is 12.9. The number of halogens is 5. The first-order valence-electron chi connectivity index (χ1n) is 7.45. The van der Waals surface area contributed by atoms with E-state index in [0.717, 1.165) is 12.1 Å². The minimum atomic E-state index is -4.61. The molecular formula is C17H10BrClF3N3O2. The van der Waals surface area contributed by atoms with E-state index in [9.17, 15) is 23.1 Å². The molecule has 140 valence electrons. The third-order valence-electron chi connectivity index (χ3n) is 3.69. The molecular weight excluding hydrogens is 451 g/mol. The van der Waals surface area contributed by atoms with Crippen molar-refractivity contribution in [3.05, 3.63) is 63.0 Å². The highest BCUT2D eigenvalue weighted by atomic mass is 79.9. The summed E-state index contributed by atoms with van der Waals surface area (Å²) in [5, 5.41) is 12.8. The Labute approximate surface area is 164 Å². The number of pyridine rings is 2. The number of nitrogens with zero attached hydrogens (tertiary/aromatic N) is 2. The Bertz CT molecular complexity index is 1040. The van der Waals surface area contributed by atoms with Gasteiger partial charge in [0.25, 0.3) is 5.91 Å². The predicted octanol–water partition coefficient (Wildman–Crippen LogP) is 4.70. The van der Waals surface area contributed by atoms with Gasteiger partial charge < -0.3 is 10.4 Å². The molecule has 2 heterocycles. The minimum absolute atomic E-state index is 0.176. The normalized spacial score (nSPS) is 11.6. The van der Waals surface area contributed by atoms with Gasteiger partial charge in [-0.3, -0.25) is 9.78 Å². The molecule has 0 fully saturated rings. The molecule has 0 aliphatic rings. The third kappa shape index (κ3) is 3.98. The zero-order chi connectivity index (χ0) is 19.8. The summed E-state index contributed by atoms with van der Waals surface area (Å²) in [6.07, 6.45) is -3.16. The highest BCUT2D eigenvalue weighted by molar-refractivity contribution is 9.10. The lowest BCUT2D eigenvalue weighted by Crippen LogP contribution is -2.24. The third-order valence-corrected chi connectivity index (χ3v) is 4.63. The molecule has 0 spiro atoms. The summed E-state index contributed by atoms with van der Waals surface area (Å²) in [6, 6.07) is 6.63. The van der Waals surface area contributed by atoms with E-state index in [-0.39, 0.29) is 23.3 Å². The van der Waals surface area contributed by atoms with Gasteiger partial charge in [-0.15, -0.1) is 0 Å². The molecule has 3 rings (SSSR count). The van der Waals surface area contributed by atoms with E-state index in [2.05, 4.69) is 31.2 Å². The maximum absolute atomic E-state index is 12.9. The van der Waals surface area contributed by atoms with Crippen LogP contribution in [0.15, 0.2) is 41.1 Å². The number of alkyl halides is 3. The van der Waals surface area contributed by atoms with Crippen molar-refractivity contribution >= 4 is 44.3 Å².